The van der Waals surface area contributed by atoms with Crippen molar-refractivity contribution in [2.24, 2.45) is 5.10 Å². The van der Waals surface area contributed by atoms with Gasteiger partial charge in [-0.3, -0.25) is 9.89 Å². The summed E-state index contributed by atoms with van der Waals surface area (Å²) < 4.78 is 11.3. The van der Waals surface area contributed by atoms with Crippen LogP contribution in [-0.4, -0.2) is 29.4 Å². The standard InChI is InChI=1S/C23H20N4O3S/c1-29-20-10-9-17(12-21(20)30-15-16-6-3-2-4-7-16)14-24-27-23(28)19-13-18(25-26-19)22-8-5-11-31-22/h2-14H,15H2,1H3,(H,25,26)(H,27,28). The molecule has 0 aliphatic heterocycles. The summed E-state index contributed by atoms with van der Waals surface area (Å²) in [7, 11) is 1.59. The van der Waals surface area contributed by atoms with Gasteiger partial charge in [-0.15, -0.1) is 11.3 Å². The first-order chi connectivity index (χ1) is 15.2. The van der Waals surface area contributed by atoms with Crippen LogP contribution in [0.15, 0.2) is 77.2 Å². The number of ether oxygens (including phenoxy) is 2. The maximum atomic E-state index is 12.3. The molecule has 2 aromatic carbocycles. The zero-order valence-electron chi connectivity index (χ0n) is 16.7. The number of nitrogens with one attached hydrogen (secondary N) is 2. The summed E-state index contributed by atoms with van der Waals surface area (Å²) in [5.41, 5.74) is 5.36. The van der Waals surface area contributed by atoms with Gasteiger partial charge in [0.1, 0.15) is 6.61 Å². The van der Waals surface area contributed by atoms with E-state index in [0.717, 1.165) is 21.7 Å². The van der Waals surface area contributed by atoms with E-state index >= 15 is 0 Å². The van der Waals surface area contributed by atoms with Crippen LogP contribution < -0.4 is 14.9 Å². The Kier molecular flexibility index (Phi) is 6.39. The number of hydrogen-bond acceptors (Lipinski definition) is 6. The third kappa shape index (κ3) is 5.18. The number of H-pyrrole nitrogens is 1. The van der Waals surface area contributed by atoms with Crippen molar-refractivity contribution in [3.05, 3.63) is 88.9 Å². The second-order valence-corrected chi connectivity index (χ2v) is 7.48. The first-order valence-electron chi connectivity index (χ1n) is 9.50. The molecule has 0 saturated carbocycles. The quantitative estimate of drug-likeness (QED) is 0.317. The Bertz CT molecular complexity index is 1170. The Morgan fingerprint density at radius 2 is 2.00 bits per heavy atom. The largest absolute Gasteiger partial charge is 0.493 e. The molecule has 0 radical (unpaired) electrons. The van der Waals surface area contributed by atoms with E-state index in [-0.39, 0.29) is 5.69 Å². The summed E-state index contributed by atoms with van der Waals surface area (Å²) >= 11 is 1.57. The van der Waals surface area contributed by atoms with Gasteiger partial charge in [-0.25, -0.2) is 5.43 Å². The lowest BCUT2D eigenvalue weighted by molar-refractivity contribution is 0.0950. The summed E-state index contributed by atoms with van der Waals surface area (Å²) in [5.74, 6) is 0.814. The van der Waals surface area contributed by atoms with Gasteiger partial charge in [0.2, 0.25) is 0 Å². The Morgan fingerprint density at radius 3 is 2.77 bits per heavy atom. The highest BCUT2D eigenvalue weighted by Gasteiger charge is 2.11. The fourth-order valence-electron chi connectivity index (χ4n) is 2.84. The lowest BCUT2D eigenvalue weighted by Gasteiger charge is -2.11. The summed E-state index contributed by atoms with van der Waals surface area (Å²) in [5, 5.41) is 12.9. The number of amides is 1. The molecule has 0 aliphatic rings. The average Bonchev–Trinajstić information content (AvgIpc) is 3.50. The third-order valence-corrected chi connectivity index (χ3v) is 5.30. The van der Waals surface area contributed by atoms with Gasteiger partial charge in [-0.05, 0) is 46.8 Å². The van der Waals surface area contributed by atoms with Gasteiger partial charge >= 0.3 is 0 Å². The molecule has 0 aliphatic carbocycles. The number of aromatic nitrogens is 2. The number of thiophene rings is 1. The van der Waals surface area contributed by atoms with Crippen molar-refractivity contribution in [1.29, 1.82) is 0 Å². The zero-order valence-corrected chi connectivity index (χ0v) is 17.6. The smallest absolute Gasteiger partial charge is 0.291 e. The van der Waals surface area contributed by atoms with Crippen LogP contribution in [0.2, 0.25) is 0 Å². The van der Waals surface area contributed by atoms with Crippen molar-refractivity contribution >= 4 is 23.5 Å². The van der Waals surface area contributed by atoms with Gasteiger partial charge in [0.05, 0.1) is 23.9 Å². The molecule has 0 atom stereocenters. The third-order valence-electron chi connectivity index (χ3n) is 4.40. The molecular weight excluding hydrogens is 412 g/mol. The predicted molar refractivity (Wildman–Crippen MR) is 121 cm³/mol. The van der Waals surface area contributed by atoms with Gasteiger partial charge < -0.3 is 9.47 Å². The predicted octanol–water partition coefficient (Wildman–Crippen LogP) is 4.49. The van der Waals surface area contributed by atoms with Gasteiger partial charge in [0, 0.05) is 0 Å². The Labute approximate surface area is 183 Å². The van der Waals surface area contributed by atoms with Crippen LogP contribution in [0.1, 0.15) is 21.6 Å². The van der Waals surface area contributed by atoms with Crippen LogP contribution in [0.3, 0.4) is 0 Å². The number of hydrazone groups is 1. The number of carbonyl (C=O) groups is 1. The molecule has 4 rings (SSSR count). The molecule has 8 heteroatoms. The van der Waals surface area contributed by atoms with Crippen molar-refractivity contribution in [3.8, 4) is 22.1 Å². The van der Waals surface area contributed by atoms with Crippen LogP contribution in [0, 0.1) is 0 Å². The minimum Gasteiger partial charge on any atom is -0.493 e. The van der Waals surface area contributed by atoms with Crippen LogP contribution in [0.5, 0.6) is 11.5 Å². The molecule has 4 aromatic rings. The van der Waals surface area contributed by atoms with Gasteiger partial charge in [-0.1, -0.05) is 36.4 Å². The highest BCUT2D eigenvalue weighted by atomic mass is 32.1. The minimum absolute atomic E-state index is 0.266. The molecule has 31 heavy (non-hydrogen) atoms. The maximum absolute atomic E-state index is 12.3. The SMILES string of the molecule is COc1ccc(C=NNC(=O)c2cc(-c3cccs3)[nH]n2)cc1OCc1ccccc1. The molecule has 0 fully saturated rings. The summed E-state index contributed by atoms with van der Waals surface area (Å²) in [6, 6.07) is 20.9. The first kappa shape index (κ1) is 20.4. The Hall–Kier alpha value is -3.91. The summed E-state index contributed by atoms with van der Waals surface area (Å²) in [4.78, 5) is 13.3. The van der Waals surface area contributed by atoms with Crippen molar-refractivity contribution < 1.29 is 14.3 Å². The summed E-state index contributed by atoms with van der Waals surface area (Å²) in [6.07, 6.45) is 1.54. The van der Waals surface area contributed by atoms with E-state index in [1.807, 2.05) is 53.9 Å². The van der Waals surface area contributed by atoms with Crippen LogP contribution >= 0.6 is 11.3 Å². The number of carbonyl (C=O) groups excluding carboxylic acids is 1. The van der Waals surface area contributed by atoms with Crippen LogP contribution in [0.25, 0.3) is 10.6 Å². The molecule has 2 aromatic heterocycles. The number of rotatable bonds is 8. The highest BCUT2D eigenvalue weighted by Crippen LogP contribution is 2.28. The number of methoxy groups -OCH3 is 1. The molecule has 0 bridgehead atoms. The van der Waals surface area contributed by atoms with Crippen molar-refractivity contribution in [2.75, 3.05) is 7.11 Å². The topological polar surface area (TPSA) is 88.6 Å². The monoisotopic (exact) mass is 432 g/mol. The van der Waals surface area contributed by atoms with Gasteiger partial charge in [0.25, 0.3) is 5.91 Å². The van der Waals surface area contributed by atoms with E-state index < -0.39 is 5.91 Å². The van der Waals surface area contributed by atoms with Crippen molar-refractivity contribution in [1.82, 2.24) is 15.6 Å². The lowest BCUT2D eigenvalue weighted by Crippen LogP contribution is -2.18. The first-order valence-corrected chi connectivity index (χ1v) is 10.4. The van der Waals surface area contributed by atoms with E-state index in [4.69, 9.17) is 9.47 Å². The molecule has 0 spiro atoms. The molecule has 0 saturated heterocycles. The number of benzene rings is 2. The van der Waals surface area contributed by atoms with Crippen LogP contribution in [0.4, 0.5) is 0 Å². The molecule has 1 amide bonds. The van der Waals surface area contributed by atoms with E-state index in [0.29, 0.717) is 18.1 Å². The average molecular weight is 433 g/mol. The van der Waals surface area contributed by atoms with E-state index in [1.165, 1.54) is 0 Å². The normalized spacial score (nSPS) is 10.9. The Balaban J connectivity index is 1.39. The fraction of sp³-hybridized carbons (Fsp3) is 0.0870. The molecule has 2 heterocycles. The molecule has 2 N–H and O–H groups in total. The second kappa shape index (κ2) is 9.73. The highest BCUT2D eigenvalue weighted by molar-refractivity contribution is 7.13. The van der Waals surface area contributed by atoms with Crippen molar-refractivity contribution in [2.45, 2.75) is 6.61 Å². The van der Waals surface area contributed by atoms with E-state index in [9.17, 15) is 4.79 Å². The zero-order chi connectivity index (χ0) is 21.5. The lowest BCUT2D eigenvalue weighted by atomic mass is 10.2. The molecule has 0 unspecified atom stereocenters. The number of aromatic amines is 1. The number of hydrogen-bond donors (Lipinski definition) is 2. The minimum atomic E-state index is -0.399. The Morgan fingerprint density at radius 1 is 1.13 bits per heavy atom. The van der Waals surface area contributed by atoms with Crippen molar-refractivity contribution in [3.63, 3.8) is 0 Å². The summed E-state index contributed by atoms with van der Waals surface area (Å²) in [6.45, 7) is 0.417. The van der Waals surface area contributed by atoms with Gasteiger partial charge in [0.15, 0.2) is 17.2 Å². The van der Waals surface area contributed by atoms with Crippen LogP contribution in [-0.2, 0) is 6.61 Å². The molecule has 156 valence electrons. The molecule has 7 nitrogen and oxygen atoms in total. The van der Waals surface area contributed by atoms with Gasteiger partial charge in [-0.2, -0.15) is 10.2 Å². The second-order valence-electron chi connectivity index (χ2n) is 6.53. The molecular formula is C23H20N4O3S. The van der Waals surface area contributed by atoms with E-state index in [1.54, 1.807) is 42.9 Å². The number of nitrogens with zero attached hydrogens (tertiary/aromatic N) is 2. The fourth-order valence-corrected chi connectivity index (χ4v) is 3.53. The maximum Gasteiger partial charge on any atom is 0.291 e. The van der Waals surface area contributed by atoms with E-state index in [2.05, 4.69) is 20.7 Å².